The number of ether oxygens (including phenoxy) is 1. The standard InChI is InChI=1S/C15H20O3/c1-10(15(16)17)13-8-11-6-4-3-5-7-12(11)9-14(13)18-2/h8-10H,3-7H2,1-2H3,(H,16,17). The lowest BCUT2D eigenvalue weighted by atomic mass is 9.93. The van der Waals surface area contributed by atoms with Crippen LogP contribution in [0.3, 0.4) is 0 Å². The predicted molar refractivity (Wildman–Crippen MR) is 70.3 cm³/mol. The molecule has 0 heterocycles. The number of carboxylic acids is 1. The van der Waals surface area contributed by atoms with Gasteiger partial charge in [-0.15, -0.1) is 0 Å². The molecule has 98 valence electrons. The van der Waals surface area contributed by atoms with Crippen molar-refractivity contribution in [1.82, 2.24) is 0 Å². The van der Waals surface area contributed by atoms with E-state index in [4.69, 9.17) is 9.84 Å². The predicted octanol–water partition coefficient (Wildman–Crippen LogP) is 3.15. The van der Waals surface area contributed by atoms with Crippen LogP contribution in [-0.4, -0.2) is 18.2 Å². The van der Waals surface area contributed by atoms with Crippen LogP contribution in [0.5, 0.6) is 5.75 Å². The summed E-state index contributed by atoms with van der Waals surface area (Å²) in [4.78, 5) is 11.1. The summed E-state index contributed by atoms with van der Waals surface area (Å²) >= 11 is 0. The summed E-state index contributed by atoms with van der Waals surface area (Å²) in [5.74, 6) is -0.610. The number of aliphatic carboxylic acids is 1. The molecule has 0 aliphatic heterocycles. The molecule has 0 fully saturated rings. The van der Waals surface area contributed by atoms with Crippen LogP contribution in [0.1, 0.15) is 48.8 Å². The van der Waals surface area contributed by atoms with Crippen LogP contribution in [0.4, 0.5) is 0 Å². The van der Waals surface area contributed by atoms with Crippen molar-refractivity contribution >= 4 is 5.97 Å². The minimum Gasteiger partial charge on any atom is -0.496 e. The zero-order valence-corrected chi connectivity index (χ0v) is 11.0. The van der Waals surface area contributed by atoms with E-state index in [1.165, 1.54) is 30.4 Å². The molecule has 3 heteroatoms. The van der Waals surface area contributed by atoms with E-state index in [9.17, 15) is 4.79 Å². The molecule has 0 saturated heterocycles. The zero-order chi connectivity index (χ0) is 13.1. The molecule has 3 nitrogen and oxygen atoms in total. The van der Waals surface area contributed by atoms with Crippen molar-refractivity contribution in [2.75, 3.05) is 7.11 Å². The van der Waals surface area contributed by atoms with E-state index >= 15 is 0 Å². The van der Waals surface area contributed by atoms with Crippen LogP contribution in [0, 0.1) is 0 Å². The number of aryl methyl sites for hydroxylation is 2. The Balaban J connectivity index is 2.46. The number of hydrogen-bond donors (Lipinski definition) is 1. The fourth-order valence-electron chi connectivity index (χ4n) is 2.61. The van der Waals surface area contributed by atoms with Gasteiger partial charge >= 0.3 is 5.97 Å². The summed E-state index contributed by atoms with van der Waals surface area (Å²) < 4.78 is 5.36. The summed E-state index contributed by atoms with van der Waals surface area (Å²) in [7, 11) is 1.61. The van der Waals surface area contributed by atoms with Gasteiger partial charge in [0, 0.05) is 5.56 Å². The van der Waals surface area contributed by atoms with E-state index in [-0.39, 0.29) is 0 Å². The van der Waals surface area contributed by atoms with Crippen LogP contribution in [0.25, 0.3) is 0 Å². The second-order valence-electron chi connectivity index (χ2n) is 4.98. The highest BCUT2D eigenvalue weighted by molar-refractivity contribution is 5.77. The number of hydrogen-bond acceptors (Lipinski definition) is 2. The Kier molecular flexibility index (Phi) is 3.90. The molecule has 2 rings (SSSR count). The van der Waals surface area contributed by atoms with Gasteiger partial charge in [-0.2, -0.15) is 0 Å². The third kappa shape index (κ3) is 2.50. The second kappa shape index (κ2) is 5.42. The molecule has 1 unspecified atom stereocenters. The fraction of sp³-hybridized carbons (Fsp3) is 0.533. The Labute approximate surface area is 108 Å². The molecule has 1 aromatic rings. The van der Waals surface area contributed by atoms with Crippen LogP contribution < -0.4 is 4.74 Å². The van der Waals surface area contributed by atoms with Gasteiger partial charge < -0.3 is 9.84 Å². The fourth-order valence-corrected chi connectivity index (χ4v) is 2.61. The number of carboxylic acid groups (broad SMARTS) is 1. The lowest BCUT2D eigenvalue weighted by Gasteiger charge is -2.16. The van der Waals surface area contributed by atoms with Gasteiger partial charge in [-0.3, -0.25) is 4.79 Å². The third-order valence-electron chi connectivity index (χ3n) is 3.78. The smallest absolute Gasteiger partial charge is 0.310 e. The highest BCUT2D eigenvalue weighted by Crippen LogP contribution is 2.33. The van der Waals surface area contributed by atoms with Gasteiger partial charge in [-0.05, 0) is 49.8 Å². The Morgan fingerprint density at radius 1 is 1.22 bits per heavy atom. The Hall–Kier alpha value is -1.51. The number of rotatable bonds is 3. The Morgan fingerprint density at radius 2 is 1.83 bits per heavy atom. The molecule has 1 aromatic carbocycles. The second-order valence-corrected chi connectivity index (χ2v) is 4.98. The maximum absolute atomic E-state index is 11.1. The summed E-state index contributed by atoms with van der Waals surface area (Å²) in [6.07, 6.45) is 5.79. The quantitative estimate of drug-likeness (QED) is 0.836. The third-order valence-corrected chi connectivity index (χ3v) is 3.78. The largest absolute Gasteiger partial charge is 0.496 e. The van der Waals surface area contributed by atoms with Gasteiger partial charge in [0.1, 0.15) is 5.75 Å². The van der Waals surface area contributed by atoms with Crippen molar-refractivity contribution in [1.29, 1.82) is 0 Å². The van der Waals surface area contributed by atoms with E-state index in [1.807, 2.05) is 12.1 Å². The van der Waals surface area contributed by atoms with Crippen molar-refractivity contribution in [3.63, 3.8) is 0 Å². The molecular weight excluding hydrogens is 228 g/mol. The molecule has 1 N–H and O–H groups in total. The summed E-state index contributed by atoms with van der Waals surface area (Å²) in [6.45, 7) is 1.71. The van der Waals surface area contributed by atoms with Gasteiger partial charge in [0.15, 0.2) is 0 Å². The Bertz CT molecular complexity index is 451. The minimum atomic E-state index is -0.804. The van der Waals surface area contributed by atoms with Crippen LogP contribution in [0.15, 0.2) is 12.1 Å². The average molecular weight is 248 g/mol. The van der Waals surface area contributed by atoms with Crippen LogP contribution >= 0.6 is 0 Å². The molecule has 0 saturated carbocycles. The lowest BCUT2D eigenvalue weighted by molar-refractivity contribution is -0.138. The SMILES string of the molecule is COc1cc2c(cc1C(C)C(=O)O)CCCCC2. The van der Waals surface area contributed by atoms with Gasteiger partial charge in [0.05, 0.1) is 13.0 Å². The number of carbonyl (C=O) groups is 1. The maximum Gasteiger partial charge on any atom is 0.310 e. The monoisotopic (exact) mass is 248 g/mol. The maximum atomic E-state index is 11.1. The summed E-state index contributed by atoms with van der Waals surface area (Å²) in [5, 5.41) is 9.16. The normalized spacial score (nSPS) is 16.6. The van der Waals surface area contributed by atoms with Crippen molar-refractivity contribution in [2.45, 2.75) is 44.9 Å². The van der Waals surface area contributed by atoms with E-state index in [0.717, 1.165) is 18.4 Å². The summed E-state index contributed by atoms with van der Waals surface area (Å²) in [5.41, 5.74) is 3.42. The van der Waals surface area contributed by atoms with Gasteiger partial charge in [0.25, 0.3) is 0 Å². The zero-order valence-electron chi connectivity index (χ0n) is 11.0. The van der Waals surface area contributed by atoms with Crippen LogP contribution in [0.2, 0.25) is 0 Å². The molecule has 18 heavy (non-hydrogen) atoms. The Morgan fingerprint density at radius 3 is 2.39 bits per heavy atom. The van der Waals surface area contributed by atoms with Crippen molar-refractivity contribution in [2.24, 2.45) is 0 Å². The average Bonchev–Trinajstić information content (AvgIpc) is 2.60. The molecule has 0 aromatic heterocycles. The van der Waals surface area contributed by atoms with E-state index < -0.39 is 11.9 Å². The summed E-state index contributed by atoms with van der Waals surface area (Å²) in [6, 6.07) is 4.08. The van der Waals surface area contributed by atoms with E-state index in [0.29, 0.717) is 5.75 Å². The first-order chi connectivity index (χ1) is 8.63. The molecule has 0 bridgehead atoms. The molecule has 0 radical (unpaired) electrons. The molecule has 1 atom stereocenters. The first-order valence-corrected chi connectivity index (χ1v) is 6.56. The molecule has 1 aliphatic carbocycles. The van der Waals surface area contributed by atoms with E-state index in [2.05, 4.69) is 0 Å². The van der Waals surface area contributed by atoms with Gasteiger partial charge in [-0.1, -0.05) is 12.5 Å². The number of methoxy groups -OCH3 is 1. The van der Waals surface area contributed by atoms with Crippen LogP contribution in [-0.2, 0) is 17.6 Å². The first kappa shape index (κ1) is 12.9. The van der Waals surface area contributed by atoms with Crippen molar-refractivity contribution in [3.05, 3.63) is 28.8 Å². The van der Waals surface area contributed by atoms with E-state index in [1.54, 1.807) is 14.0 Å². The molecule has 0 spiro atoms. The van der Waals surface area contributed by atoms with Gasteiger partial charge in [0.2, 0.25) is 0 Å². The highest BCUT2D eigenvalue weighted by atomic mass is 16.5. The molecular formula is C15H20O3. The first-order valence-electron chi connectivity index (χ1n) is 6.56. The number of fused-ring (bicyclic) bond motifs is 1. The lowest BCUT2D eigenvalue weighted by Crippen LogP contribution is -2.10. The molecule has 1 aliphatic rings. The van der Waals surface area contributed by atoms with Gasteiger partial charge in [-0.25, -0.2) is 0 Å². The number of benzene rings is 1. The highest BCUT2D eigenvalue weighted by Gasteiger charge is 2.21. The molecule has 0 amide bonds. The topological polar surface area (TPSA) is 46.5 Å². The van der Waals surface area contributed by atoms with Crippen molar-refractivity contribution in [3.8, 4) is 5.75 Å². The van der Waals surface area contributed by atoms with Crippen molar-refractivity contribution < 1.29 is 14.6 Å². The minimum absolute atomic E-state index is 0.520.